The lowest BCUT2D eigenvalue weighted by Crippen LogP contribution is -2.40. The molecule has 0 saturated heterocycles. The summed E-state index contributed by atoms with van der Waals surface area (Å²) in [5.74, 6) is -1.77. The molecule has 2 aromatic rings. The lowest BCUT2D eigenvalue weighted by molar-refractivity contribution is -0.137. The van der Waals surface area contributed by atoms with E-state index in [0.717, 1.165) is 49.9 Å². The SMILES string of the molecule is O=C(C1CCCC1)N(Cc1cccc(C(F)(F)F)c1)CC1CC(c2ccc(F)cc2F)=NO1. The van der Waals surface area contributed by atoms with E-state index in [0.29, 0.717) is 11.3 Å². The van der Waals surface area contributed by atoms with Gasteiger partial charge in [-0.2, -0.15) is 13.2 Å². The average molecular weight is 466 g/mol. The van der Waals surface area contributed by atoms with Gasteiger partial charge in [0.25, 0.3) is 0 Å². The number of amides is 1. The van der Waals surface area contributed by atoms with E-state index < -0.39 is 29.5 Å². The molecule has 2 aromatic carbocycles. The van der Waals surface area contributed by atoms with Gasteiger partial charge in [-0.05, 0) is 42.7 Å². The molecule has 1 aliphatic heterocycles. The fraction of sp³-hybridized carbons (Fsp3) is 0.417. The summed E-state index contributed by atoms with van der Waals surface area (Å²) < 4.78 is 66.7. The molecule has 176 valence electrons. The van der Waals surface area contributed by atoms with Crippen LogP contribution in [0.2, 0.25) is 0 Å². The smallest absolute Gasteiger partial charge is 0.390 e. The van der Waals surface area contributed by atoms with Gasteiger partial charge in [0.15, 0.2) is 6.10 Å². The lowest BCUT2D eigenvalue weighted by Gasteiger charge is -2.28. The van der Waals surface area contributed by atoms with Crippen LogP contribution in [-0.4, -0.2) is 29.2 Å². The van der Waals surface area contributed by atoms with Crippen molar-refractivity contribution in [1.82, 2.24) is 4.90 Å². The molecule has 0 spiro atoms. The predicted octanol–water partition coefficient (Wildman–Crippen LogP) is 5.70. The highest BCUT2D eigenvalue weighted by molar-refractivity contribution is 6.01. The second kappa shape index (κ2) is 9.49. The van der Waals surface area contributed by atoms with Crippen molar-refractivity contribution >= 4 is 11.6 Å². The van der Waals surface area contributed by atoms with E-state index in [9.17, 15) is 26.7 Å². The maximum absolute atomic E-state index is 14.1. The topological polar surface area (TPSA) is 41.9 Å². The third-order valence-electron chi connectivity index (χ3n) is 6.04. The van der Waals surface area contributed by atoms with Crippen molar-refractivity contribution in [3.05, 3.63) is 70.8 Å². The van der Waals surface area contributed by atoms with Gasteiger partial charge in [-0.25, -0.2) is 8.78 Å². The van der Waals surface area contributed by atoms with Crippen LogP contribution in [0.5, 0.6) is 0 Å². The van der Waals surface area contributed by atoms with Gasteiger partial charge in [0.2, 0.25) is 5.91 Å². The Bertz CT molecular complexity index is 1050. The molecule has 0 bridgehead atoms. The van der Waals surface area contributed by atoms with Gasteiger partial charge in [0.05, 0.1) is 17.8 Å². The van der Waals surface area contributed by atoms with Crippen LogP contribution in [-0.2, 0) is 22.4 Å². The van der Waals surface area contributed by atoms with Gasteiger partial charge in [-0.1, -0.05) is 30.1 Å². The monoisotopic (exact) mass is 466 g/mol. The molecule has 1 atom stereocenters. The molecule has 0 N–H and O–H groups in total. The molecule has 0 aromatic heterocycles. The maximum Gasteiger partial charge on any atom is 0.416 e. The molecule has 0 radical (unpaired) electrons. The fourth-order valence-electron chi connectivity index (χ4n) is 4.38. The first kappa shape index (κ1) is 23.2. The summed E-state index contributed by atoms with van der Waals surface area (Å²) in [5.41, 5.74) is -0.00189. The predicted molar refractivity (Wildman–Crippen MR) is 111 cm³/mol. The van der Waals surface area contributed by atoms with Gasteiger partial charge in [0.1, 0.15) is 11.6 Å². The summed E-state index contributed by atoms with van der Waals surface area (Å²) >= 11 is 0. The highest BCUT2D eigenvalue weighted by atomic mass is 19.4. The Labute approximate surface area is 188 Å². The van der Waals surface area contributed by atoms with E-state index in [2.05, 4.69) is 5.16 Å². The number of rotatable bonds is 6. The van der Waals surface area contributed by atoms with Crippen molar-refractivity contribution in [1.29, 1.82) is 0 Å². The third kappa shape index (κ3) is 5.51. The standard InChI is InChI=1S/C24H23F5N2O2/c25-18-8-9-20(21(26)11-18)22-12-19(33-30-22)14-31(23(32)16-5-1-2-6-16)13-15-4-3-7-17(10-15)24(27,28)29/h3-4,7-11,16,19H,1-2,5-6,12-14H2. The minimum absolute atomic E-state index is 0.000639. The Kier molecular flexibility index (Phi) is 6.67. The first-order valence-electron chi connectivity index (χ1n) is 10.8. The number of hydrogen-bond donors (Lipinski definition) is 0. The molecule has 1 unspecified atom stereocenters. The highest BCUT2D eigenvalue weighted by Gasteiger charge is 2.33. The van der Waals surface area contributed by atoms with Crippen LogP contribution in [0.1, 0.15) is 48.8 Å². The number of halogens is 5. The van der Waals surface area contributed by atoms with E-state index in [4.69, 9.17) is 4.84 Å². The molecular weight excluding hydrogens is 443 g/mol. The summed E-state index contributed by atoms with van der Waals surface area (Å²) in [6.45, 7) is 0.0980. The molecule has 1 fully saturated rings. The van der Waals surface area contributed by atoms with E-state index in [-0.39, 0.29) is 36.9 Å². The van der Waals surface area contributed by atoms with E-state index in [1.807, 2.05) is 0 Å². The zero-order valence-electron chi connectivity index (χ0n) is 17.7. The molecule has 33 heavy (non-hydrogen) atoms. The Morgan fingerprint density at radius 1 is 1.09 bits per heavy atom. The molecule has 2 aliphatic rings. The molecule has 4 rings (SSSR count). The van der Waals surface area contributed by atoms with Gasteiger partial charge >= 0.3 is 6.18 Å². The number of hydrogen-bond acceptors (Lipinski definition) is 3. The largest absolute Gasteiger partial charge is 0.416 e. The summed E-state index contributed by atoms with van der Waals surface area (Å²) in [7, 11) is 0. The Morgan fingerprint density at radius 2 is 1.85 bits per heavy atom. The number of alkyl halides is 3. The molecule has 1 amide bonds. The molecule has 9 heteroatoms. The first-order valence-corrected chi connectivity index (χ1v) is 10.8. The lowest BCUT2D eigenvalue weighted by atomic mass is 10.0. The van der Waals surface area contributed by atoms with Crippen LogP contribution in [0.3, 0.4) is 0 Å². The second-order valence-electron chi connectivity index (χ2n) is 8.49. The summed E-state index contributed by atoms with van der Waals surface area (Å²) in [5, 5.41) is 3.91. The van der Waals surface area contributed by atoms with Crippen molar-refractivity contribution < 1.29 is 31.6 Å². The number of carbonyl (C=O) groups excluding carboxylic acids is 1. The van der Waals surface area contributed by atoms with Crippen LogP contribution in [0.15, 0.2) is 47.6 Å². The number of oxime groups is 1. The van der Waals surface area contributed by atoms with Crippen molar-refractivity contribution in [3.8, 4) is 0 Å². The third-order valence-corrected chi connectivity index (χ3v) is 6.04. The summed E-state index contributed by atoms with van der Waals surface area (Å²) in [6, 6.07) is 8.06. The van der Waals surface area contributed by atoms with Crippen LogP contribution < -0.4 is 0 Å². The minimum Gasteiger partial charge on any atom is -0.390 e. The van der Waals surface area contributed by atoms with Crippen LogP contribution in [0.25, 0.3) is 0 Å². The molecule has 1 aliphatic carbocycles. The minimum atomic E-state index is -4.48. The normalized spacial score (nSPS) is 18.8. The van der Waals surface area contributed by atoms with E-state index in [1.54, 1.807) is 6.07 Å². The van der Waals surface area contributed by atoms with Crippen molar-refractivity contribution in [3.63, 3.8) is 0 Å². The van der Waals surface area contributed by atoms with E-state index in [1.165, 1.54) is 17.0 Å². The number of carbonyl (C=O) groups is 1. The molecule has 4 nitrogen and oxygen atoms in total. The van der Waals surface area contributed by atoms with Crippen molar-refractivity contribution in [2.45, 2.75) is 50.9 Å². The Balaban J connectivity index is 1.49. The fourth-order valence-corrected chi connectivity index (χ4v) is 4.38. The quantitative estimate of drug-likeness (QED) is 0.513. The van der Waals surface area contributed by atoms with Crippen molar-refractivity contribution in [2.75, 3.05) is 6.54 Å². The Hall–Kier alpha value is -2.97. The molecule has 1 saturated carbocycles. The van der Waals surface area contributed by atoms with E-state index >= 15 is 0 Å². The van der Waals surface area contributed by atoms with Crippen LogP contribution in [0.4, 0.5) is 22.0 Å². The molecule has 1 heterocycles. The van der Waals surface area contributed by atoms with Crippen LogP contribution >= 0.6 is 0 Å². The number of benzene rings is 2. The highest BCUT2D eigenvalue weighted by Crippen LogP contribution is 2.31. The summed E-state index contributed by atoms with van der Waals surface area (Å²) in [4.78, 5) is 20.1. The number of nitrogens with zero attached hydrogens (tertiary/aromatic N) is 2. The van der Waals surface area contributed by atoms with Gasteiger partial charge < -0.3 is 9.74 Å². The van der Waals surface area contributed by atoms with Gasteiger partial charge in [-0.15, -0.1) is 0 Å². The van der Waals surface area contributed by atoms with Gasteiger partial charge in [0, 0.05) is 30.5 Å². The van der Waals surface area contributed by atoms with Crippen molar-refractivity contribution in [2.24, 2.45) is 11.1 Å². The van der Waals surface area contributed by atoms with Crippen LogP contribution in [0, 0.1) is 17.6 Å². The Morgan fingerprint density at radius 3 is 2.55 bits per heavy atom. The average Bonchev–Trinajstić information content (AvgIpc) is 3.45. The summed E-state index contributed by atoms with van der Waals surface area (Å²) in [6.07, 6.45) is -1.51. The second-order valence-corrected chi connectivity index (χ2v) is 8.49. The first-order chi connectivity index (χ1) is 15.7. The van der Waals surface area contributed by atoms with Gasteiger partial charge in [-0.3, -0.25) is 4.79 Å². The zero-order chi connectivity index (χ0) is 23.6. The zero-order valence-corrected chi connectivity index (χ0v) is 17.7. The molecular formula is C24H23F5N2O2. The maximum atomic E-state index is 14.1.